The van der Waals surface area contributed by atoms with Crippen molar-refractivity contribution < 1.29 is 19.5 Å². The highest BCUT2D eigenvalue weighted by molar-refractivity contribution is 8.12. The van der Waals surface area contributed by atoms with Crippen LogP contribution in [0.3, 0.4) is 0 Å². The van der Waals surface area contributed by atoms with Crippen LogP contribution in [0.25, 0.3) is 0 Å². The molecule has 4 atom stereocenters. The van der Waals surface area contributed by atoms with Gasteiger partial charge in [0.05, 0.1) is 6.61 Å². The average Bonchev–Trinajstić information content (AvgIpc) is 2.57. The van der Waals surface area contributed by atoms with Crippen molar-refractivity contribution in [2.45, 2.75) is 17.6 Å². The summed E-state index contributed by atoms with van der Waals surface area (Å²) < 4.78 is 6.32. The van der Waals surface area contributed by atoms with E-state index in [-0.39, 0.29) is 5.82 Å². The number of thiol groups is 1. The van der Waals surface area contributed by atoms with Crippen molar-refractivity contribution in [3.05, 3.63) is 22.7 Å². The lowest BCUT2D eigenvalue weighted by atomic mass is 10.2. The molecule has 96 valence electrons. The van der Waals surface area contributed by atoms with Crippen molar-refractivity contribution in [1.29, 1.82) is 0 Å². The van der Waals surface area contributed by atoms with E-state index < -0.39 is 41.3 Å². The number of hydrogen-bond acceptors (Lipinski definition) is 7. The quantitative estimate of drug-likeness (QED) is 0.375. The number of nitrogens with two attached hydrogens (primary N) is 1. The second-order valence-electron chi connectivity index (χ2n) is 3.51. The zero-order valence-corrected chi connectivity index (χ0v) is 9.57. The molecule has 1 aliphatic heterocycles. The minimum Gasteiger partial charge on any atom is -0.394 e. The maximum atomic E-state index is 11.5. The first kappa shape index (κ1) is 12.3. The topological polar surface area (TPSA) is 131 Å². The van der Waals surface area contributed by atoms with Gasteiger partial charge < -0.3 is 25.2 Å². The molecule has 0 spiro atoms. The second-order valence-corrected chi connectivity index (χ2v) is 5.29. The summed E-state index contributed by atoms with van der Waals surface area (Å²) in [5, 5.41) is 28.2. The Hall–Kier alpha value is -1.13. The van der Waals surface area contributed by atoms with Crippen molar-refractivity contribution in [3.63, 3.8) is 0 Å². The zero-order valence-electron chi connectivity index (χ0n) is 8.67. The Labute approximate surface area is 99.0 Å². The van der Waals surface area contributed by atoms with Crippen molar-refractivity contribution >= 4 is 17.2 Å². The smallest absolute Gasteiger partial charge is 0.359 e. The molecule has 5 N–H and O–H groups in total. The maximum absolute atomic E-state index is 11.5. The molecule has 1 unspecified atom stereocenters. The summed E-state index contributed by atoms with van der Waals surface area (Å²) in [6.45, 7) is -0.436. The molecule has 17 heavy (non-hydrogen) atoms. The Morgan fingerprint density at radius 1 is 1.59 bits per heavy atom. The number of rotatable bonds is 2. The summed E-state index contributed by atoms with van der Waals surface area (Å²) in [6.07, 6.45) is -0.789. The van der Waals surface area contributed by atoms with Gasteiger partial charge in [0, 0.05) is 6.20 Å². The van der Waals surface area contributed by atoms with Crippen LogP contribution in [0.2, 0.25) is 0 Å². The second kappa shape index (κ2) is 4.63. The normalized spacial score (nSPS) is 35.0. The summed E-state index contributed by atoms with van der Waals surface area (Å²) in [5.74, 6) is 0.0641. The van der Waals surface area contributed by atoms with Crippen molar-refractivity contribution in [2.24, 2.45) is 0 Å². The molecular weight excluding hydrogens is 250 g/mol. The molecular formula is C8H13N3O5S. The number of anilines is 1. The van der Waals surface area contributed by atoms with Gasteiger partial charge >= 0.3 is 5.69 Å². The van der Waals surface area contributed by atoms with E-state index in [1.165, 1.54) is 12.3 Å². The van der Waals surface area contributed by atoms with Gasteiger partial charge in [-0.1, -0.05) is 0 Å². The molecule has 1 saturated heterocycles. The van der Waals surface area contributed by atoms with Gasteiger partial charge in [0.1, 0.15) is 23.5 Å². The number of aromatic nitrogens is 2. The molecule has 2 rings (SSSR count). The first-order chi connectivity index (χ1) is 8.04. The molecule has 1 aromatic heterocycles. The van der Waals surface area contributed by atoms with E-state index in [1.807, 2.05) is 0 Å². The summed E-state index contributed by atoms with van der Waals surface area (Å²) >= 11 is -1.79. The molecule has 0 amide bonds. The fraction of sp³-hybridized carbons (Fsp3) is 0.500. The number of aliphatic hydroxyl groups excluding tert-OH is 3. The monoisotopic (exact) mass is 263 g/mol. The Bertz CT molecular complexity index is 467. The van der Waals surface area contributed by atoms with Gasteiger partial charge in [-0.15, -0.1) is 0 Å². The Balaban J connectivity index is 2.32. The van der Waals surface area contributed by atoms with Crippen LogP contribution in [0.5, 0.6) is 0 Å². The van der Waals surface area contributed by atoms with Crippen LogP contribution in [0.1, 0.15) is 0 Å². The fourth-order valence-electron chi connectivity index (χ4n) is 1.47. The Morgan fingerprint density at radius 2 is 2.29 bits per heavy atom. The minimum absolute atomic E-state index is 0.0641. The molecule has 1 aliphatic rings. The third-order valence-corrected chi connectivity index (χ3v) is 4.33. The van der Waals surface area contributed by atoms with E-state index in [2.05, 4.69) is 4.98 Å². The molecule has 0 bridgehead atoms. The Morgan fingerprint density at radius 3 is 2.82 bits per heavy atom. The lowest BCUT2D eigenvalue weighted by Gasteiger charge is -2.20. The van der Waals surface area contributed by atoms with Gasteiger partial charge in [0.15, 0.2) is 0 Å². The minimum atomic E-state index is -1.79. The highest BCUT2D eigenvalue weighted by Crippen LogP contribution is 2.42. The summed E-state index contributed by atoms with van der Waals surface area (Å²) in [4.78, 5) is 15.0. The molecule has 0 radical (unpaired) electrons. The van der Waals surface area contributed by atoms with Crippen LogP contribution in [-0.4, -0.2) is 48.5 Å². The third kappa shape index (κ3) is 2.15. The largest absolute Gasteiger partial charge is 0.394 e. The van der Waals surface area contributed by atoms with E-state index in [9.17, 15) is 15.0 Å². The van der Waals surface area contributed by atoms with Gasteiger partial charge in [-0.05, 0) is 17.4 Å². The maximum Gasteiger partial charge on any atom is 0.359 e. The molecule has 2 heterocycles. The zero-order chi connectivity index (χ0) is 12.6. The summed E-state index contributed by atoms with van der Waals surface area (Å²) in [7, 11) is 0. The number of hydrogen-bond donors (Lipinski definition) is 5. The Kier molecular flexibility index (Phi) is 3.35. The summed E-state index contributed by atoms with van der Waals surface area (Å²) in [5.41, 5.74) is 3.42. The first-order valence-corrected chi connectivity index (χ1v) is 6.11. The predicted octanol–water partition coefficient (Wildman–Crippen LogP) is -2.42. The average molecular weight is 263 g/mol. The van der Waals surface area contributed by atoms with Gasteiger partial charge in [0.2, 0.25) is 0 Å². The predicted molar refractivity (Wildman–Crippen MR) is 61.3 cm³/mol. The van der Waals surface area contributed by atoms with Crippen LogP contribution in [0.15, 0.2) is 17.1 Å². The molecule has 0 aromatic carbocycles. The van der Waals surface area contributed by atoms with Gasteiger partial charge in [-0.2, -0.15) is 4.98 Å². The van der Waals surface area contributed by atoms with Gasteiger partial charge in [-0.25, -0.2) is 8.77 Å². The van der Waals surface area contributed by atoms with Crippen LogP contribution in [-0.2, 0) is 4.18 Å². The van der Waals surface area contributed by atoms with Crippen LogP contribution >= 0.6 is 11.4 Å². The third-order valence-electron chi connectivity index (χ3n) is 2.36. The van der Waals surface area contributed by atoms with Crippen molar-refractivity contribution in [3.8, 4) is 0 Å². The van der Waals surface area contributed by atoms with Crippen molar-refractivity contribution in [2.75, 3.05) is 12.3 Å². The lowest BCUT2D eigenvalue weighted by Crippen LogP contribution is -2.32. The molecule has 9 heteroatoms. The number of nitrogens with zero attached hydrogens (tertiary/aromatic N) is 2. The van der Waals surface area contributed by atoms with E-state index in [0.717, 1.165) is 3.97 Å². The SMILES string of the molecule is Nc1ccn([SH]2O[C@H](CO)[C@@H](O)[C@H]2O)c(=O)n1. The molecule has 1 aromatic rings. The standard InChI is InChI=1S/C8H13N3O5S/c9-5-1-2-11(8(15)10-5)17-7(14)6(13)4(3-12)16-17/h1-2,4,6-7,12-14,17H,3H2,(H2,9,10,15)/t4-,6-,7+/m1/s1. The first-order valence-electron chi connectivity index (χ1n) is 4.83. The van der Waals surface area contributed by atoms with Gasteiger partial charge in [-0.3, -0.25) is 0 Å². The van der Waals surface area contributed by atoms with E-state index in [1.54, 1.807) is 0 Å². The molecule has 0 saturated carbocycles. The van der Waals surface area contributed by atoms with Crippen LogP contribution in [0.4, 0.5) is 5.82 Å². The fourth-order valence-corrected chi connectivity index (χ4v) is 3.28. The van der Waals surface area contributed by atoms with Crippen LogP contribution < -0.4 is 11.4 Å². The number of nitrogen functional groups attached to an aromatic ring is 1. The van der Waals surface area contributed by atoms with E-state index in [0.29, 0.717) is 0 Å². The van der Waals surface area contributed by atoms with Crippen molar-refractivity contribution in [1.82, 2.24) is 8.96 Å². The van der Waals surface area contributed by atoms with E-state index in [4.69, 9.17) is 15.0 Å². The molecule has 8 nitrogen and oxygen atoms in total. The van der Waals surface area contributed by atoms with Gasteiger partial charge in [0.25, 0.3) is 0 Å². The highest BCUT2D eigenvalue weighted by Gasteiger charge is 2.41. The van der Waals surface area contributed by atoms with E-state index >= 15 is 0 Å². The molecule has 0 aliphatic carbocycles. The lowest BCUT2D eigenvalue weighted by molar-refractivity contribution is -0.000734. The highest BCUT2D eigenvalue weighted by atomic mass is 32.2. The summed E-state index contributed by atoms with van der Waals surface area (Å²) in [6, 6.07) is 1.39. The van der Waals surface area contributed by atoms with Crippen LogP contribution in [0, 0.1) is 0 Å². The number of aliphatic hydroxyl groups is 3. The molecule has 1 fully saturated rings.